The van der Waals surface area contributed by atoms with E-state index in [1.165, 1.54) is 5.56 Å². The summed E-state index contributed by atoms with van der Waals surface area (Å²) >= 11 is 0. The Balaban J connectivity index is 1.73. The molecule has 1 aromatic rings. The van der Waals surface area contributed by atoms with Crippen LogP contribution in [0, 0.1) is 19.8 Å². The van der Waals surface area contributed by atoms with Gasteiger partial charge in [0.25, 0.3) is 0 Å². The molecule has 1 N–H and O–H groups in total. The van der Waals surface area contributed by atoms with E-state index in [-0.39, 0.29) is 11.7 Å². The number of ketones is 1. The molecule has 0 amide bonds. The van der Waals surface area contributed by atoms with Crippen molar-refractivity contribution in [3.05, 3.63) is 34.9 Å². The fourth-order valence-electron chi connectivity index (χ4n) is 2.93. The van der Waals surface area contributed by atoms with Gasteiger partial charge in [0.1, 0.15) is 0 Å². The molecule has 1 aromatic carbocycles. The number of carbonyl (C=O) groups is 2. The van der Waals surface area contributed by atoms with Crippen molar-refractivity contribution >= 4 is 11.8 Å². The number of aliphatic carboxylic acids is 1. The zero-order valence-electron chi connectivity index (χ0n) is 13.5. The summed E-state index contributed by atoms with van der Waals surface area (Å²) in [7, 11) is 0. The van der Waals surface area contributed by atoms with Crippen LogP contribution in [0.2, 0.25) is 0 Å². The van der Waals surface area contributed by atoms with Crippen molar-refractivity contribution in [2.45, 2.75) is 39.5 Å². The van der Waals surface area contributed by atoms with E-state index in [2.05, 4.69) is 4.90 Å². The van der Waals surface area contributed by atoms with Crippen LogP contribution in [0.15, 0.2) is 18.2 Å². The van der Waals surface area contributed by atoms with Crippen molar-refractivity contribution in [2.75, 3.05) is 19.6 Å². The lowest BCUT2D eigenvalue weighted by molar-refractivity contribution is -0.143. The third kappa shape index (κ3) is 4.41. The van der Waals surface area contributed by atoms with Gasteiger partial charge in [0, 0.05) is 12.0 Å². The van der Waals surface area contributed by atoms with Crippen LogP contribution in [-0.4, -0.2) is 41.4 Å². The van der Waals surface area contributed by atoms with Gasteiger partial charge in [0.05, 0.1) is 5.92 Å². The lowest BCUT2D eigenvalue weighted by atomic mass is 9.96. The van der Waals surface area contributed by atoms with Crippen molar-refractivity contribution in [3.8, 4) is 0 Å². The molecule has 1 saturated heterocycles. The lowest BCUT2D eigenvalue weighted by Gasteiger charge is -2.29. The monoisotopic (exact) mass is 303 g/mol. The maximum Gasteiger partial charge on any atom is 0.306 e. The predicted octanol–water partition coefficient (Wildman–Crippen LogP) is 3.06. The Bertz CT molecular complexity index is 545. The van der Waals surface area contributed by atoms with Gasteiger partial charge in [-0.05, 0) is 69.9 Å². The number of likely N-dealkylation sites (tertiary alicyclic amines) is 1. The summed E-state index contributed by atoms with van der Waals surface area (Å²) in [5, 5.41) is 8.98. The Kier molecular flexibility index (Phi) is 5.72. The van der Waals surface area contributed by atoms with Gasteiger partial charge in [-0.25, -0.2) is 0 Å². The number of hydrogen-bond donors (Lipinski definition) is 1. The van der Waals surface area contributed by atoms with Crippen LogP contribution >= 0.6 is 0 Å². The Hall–Kier alpha value is -1.68. The largest absolute Gasteiger partial charge is 0.481 e. The fourth-order valence-corrected chi connectivity index (χ4v) is 2.93. The Morgan fingerprint density at radius 2 is 1.86 bits per heavy atom. The molecular weight excluding hydrogens is 278 g/mol. The second kappa shape index (κ2) is 7.54. The summed E-state index contributed by atoms with van der Waals surface area (Å²) in [5.74, 6) is -0.665. The third-order valence-electron chi connectivity index (χ3n) is 4.64. The topological polar surface area (TPSA) is 57.6 Å². The van der Waals surface area contributed by atoms with Crippen LogP contribution < -0.4 is 0 Å². The van der Waals surface area contributed by atoms with Gasteiger partial charge in [0.15, 0.2) is 5.78 Å². The molecule has 120 valence electrons. The van der Waals surface area contributed by atoms with E-state index in [9.17, 15) is 9.59 Å². The Morgan fingerprint density at radius 3 is 2.45 bits per heavy atom. The molecule has 1 heterocycles. The number of carboxylic acids is 1. The minimum absolute atomic E-state index is 0.187. The van der Waals surface area contributed by atoms with Crippen LogP contribution in [0.25, 0.3) is 0 Å². The maximum atomic E-state index is 12.2. The highest BCUT2D eigenvalue weighted by Gasteiger charge is 2.24. The van der Waals surface area contributed by atoms with Crippen molar-refractivity contribution < 1.29 is 14.7 Å². The highest BCUT2D eigenvalue weighted by Crippen LogP contribution is 2.18. The van der Waals surface area contributed by atoms with E-state index < -0.39 is 5.97 Å². The Morgan fingerprint density at radius 1 is 1.18 bits per heavy atom. The average Bonchev–Trinajstić information content (AvgIpc) is 2.50. The molecule has 1 aliphatic heterocycles. The van der Waals surface area contributed by atoms with Crippen LogP contribution in [0.3, 0.4) is 0 Å². The number of Topliss-reactive ketones (excluding diaryl/α,β-unsaturated/α-hetero) is 1. The number of carbonyl (C=O) groups excluding carboxylic acids is 1. The van der Waals surface area contributed by atoms with Crippen molar-refractivity contribution in [3.63, 3.8) is 0 Å². The molecule has 0 radical (unpaired) electrons. The standard InChI is InChI=1S/C18H25NO3/c1-13-5-6-16(12-14(13)2)17(20)4-3-9-19-10-7-15(8-11-19)18(21)22/h5-6,12,15H,3-4,7-11H2,1-2H3,(H,21,22). The number of benzene rings is 1. The number of aryl methyl sites for hydroxylation is 2. The fraction of sp³-hybridized carbons (Fsp3) is 0.556. The predicted molar refractivity (Wildman–Crippen MR) is 86.3 cm³/mol. The molecule has 0 saturated carbocycles. The van der Waals surface area contributed by atoms with Gasteiger partial charge in [-0.3, -0.25) is 9.59 Å². The summed E-state index contributed by atoms with van der Waals surface area (Å²) < 4.78 is 0. The molecule has 0 aliphatic carbocycles. The van der Waals surface area contributed by atoms with E-state index in [0.717, 1.165) is 50.0 Å². The van der Waals surface area contributed by atoms with Crippen LogP contribution in [0.1, 0.15) is 47.2 Å². The molecule has 0 aromatic heterocycles. The first kappa shape index (κ1) is 16.7. The summed E-state index contributed by atoms with van der Waals surface area (Å²) in [5.41, 5.74) is 3.16. The van der Waals surface area contributed by atoms with Gasteiger partial charge >= 0.3 is 5.97 Å². The summed E-state index contributed by atoms with van der Waals surface area (Å²) in [6.07, 6.45) is 2.84. The molecule has 0 spiro atoms. The number of nitrogens with zero attached hydrogens (tertiary/aromatic N) is 1. The molecule has 0 bridgehead atoms. The highest BCUT2D eigenvalue weighted by atomic mass is 16.4. The molecule has 4 heteroatoms. The van der Waals surface area contributed by atoms with Crippen LogP contribution in [-0.2, 0) is 4.79 Å². The number of carboxylic acid groups (broad SMARTS) is 1. The number of hydrogen-bond acceptors (Lipinski definition) is 3. The van der Waals surface area contributed by atoms with Crippen molar-refractivity contribution in [2.24, 2.45) is 5.92 Å². The smallest absolute Gasteiger partial charge is 0.306 e. The minimum Gasteiger partial charge on any atom is -0.481 e. The summed E-state index contributed by atoms with van der Waals surface area (Å²) in [6.45, 7) is 6.61. The molecular formula is C18H25NO3. The third-order valence-corrected chi connectivity index (χ3v) is 4.64. The van der Waals surface area contributed by atoms with E-state index in [1.807, 2.05) is 32.0 Å². The second-order valence-electron chi connectivity index (χ2n) is 6.28. The molecule has 0 atom stereocenters. The van der Waals surface area contributed by atoms with Crippen LogP contribution in [0.5, 0.6) is 0 Å². The quantitative estimate of drug-likeness (QED) is 0.821. The van der Waals surface area contributed by atoms with Gasteiger partial charge < -0.3 is 10.0 Å². The van der Waals surface area contributed by atoms with E-state index in [1.54, 1.807) is 0 Å². The first-order valence-electron chi connectivity index (χ1n) is 8.03. The maximum absolute atomic E-state index is 12.2. The molecule has 1 fully saturated rings. The highest BCUT2D eigenvalue weighted by molar-refractivity contribution is 5.96. The van der Waals surface area contributed by atoms with E-state index in [4.69, 9.17) is 5.11 Å². The van der Waals surface area contributed by atoms with Crippen LogP contribution in [0.4, 0.5) is 0 Å². The zero-order valence-corrected chi connectivity index (χ0v) is 13.5. The normalized spacial score (nSPS) is 16.6. The minimum atomic E-state index is -0.676. The lowest BCUT2D eigenvalue weighted by Crippen LogP contribution is -2.36. The first-order chi connectivity index (χ1) is 10.5. The zero-order chi connectivity index (χ0) is 16.1. The molecule has 2 rings (SSSR count). The molecule has 4 nitrogen and oxygen atoms in total. The molecule has 22 heavy (non-hydrogen) atoms. The number of piperidine rings is 1. The molecule has 1 aliphatic rings. The van der Waals surface area contributed by atoms with Gasteiger partial charge in [-0.1, -0.05) is 12.1 Å². The van der Waals surface area contributed by atoms with Gasteiger partial charge in [0.2, 0.25) is 0 Å². The second-order valence-corrected chi connectivity index (χ2v) is 6.28. The Labute approximate surface area is 132 Å². The summed E-state index contributed by atoms with van der Waals surface area (Å²) in [4.78, 5) is 25.4. The van der Waals surface area contributed by atoms with Gasteiger partial charge in [-0.2, -0.15) is 0 Å². The van der Waals surface area contributed by atoms with Gasteiger partial charge in [-0.15, -0.1) is 0 Å². The molecule has 0 unspecified atom stereocenters. The first-order valence-corrected chi connectivity index (χ1v) is 8.03. The van der Waals surface area contributed by atoms with E-state index in [0.29, 0.717) is 6.42 Å². The van der Waals surface area contributed by atoms with Crippen molar-refractivity contribution in [1.29, 1.82) is 0 Å². The number of rotatable bonds is 6. The average molecular weight is 303 g/mol. The summed E-state index contributed by atoms with van der Waals surface area (Å²) in [6, 6.07) is 5.87. The van der Waals surface area contributed by atoms with Crippen molar-refractivity contribution in [1.82, 2.24) is 4.90 Å². The van der Waals surface area contributed by atoms with E-state index >= 15 is 0 Å². The SMILES string of the molecule is Cc1ccc(C(=O)CCCN2CCC(C(=O)O)CC2)cc1C.